The summed E-state index contributed by atoms with van der Waals surface area (Å²) in [6.45, 7) is 6.36. The first kappa shape index (κ1) is 96.9. The lowest BCUT2D eigenvalue weighted by molar-refractivity contribution is -0.198. The average Bonchev–Trinajstić information content (AvgIpc) is 0.859. The van der Waals surface area contributed by atoms with Crippen LogP contribution in [0, 0.1) is 0 Å². The summed E-state index contributed by atoms with van der Waals surface area (Å²) < 4.78 is 52.3. The third kappa shape index (κ3) is 22.7. The maximum Gasteiger partial charge on any atom is 0.346 e. The number of ether oxygens (including phenoxy) is 10. The van der Waals surface area contributed by atoms with Crippen LogP contribution in [-0.2, 0) is 76.2 Å². The Bertz CT molecular complexity index is 4640. The van der Waals surface area contributed by atoms with Gasteiger partial charge in [0.2, 0.25) is 0 Å². The number of amides is 10. The lowest BCUT2D eigenvalue weighted by Gasteiger charge is -2.32. The zero-order chi connectivity index (χ0) is 84.9. The van der Waals surface area contributed by atoms with Crippen LogP contribution in [-0.4, -0.2) is 331 Å². The normalized spacial score (nSPS) is 14.5. The monoisotopic (exact) mass is 1680 g/mol. The number of aliphatic hydroxyl groups excluding tert-OH is 1. The van der Waals surface area contributed by atoms with Crippen molar-refractivity contribution in [2.75, 3.05) is 180 Å². The van der Waals surface area contributed by atoms with E-state index in [2.05, 4.69) is 9.47 Å². The molecule has 0 atom stereocenters. The smallest absolute Gasteiger partial charge is 0.346 e. The summed E-state index contributed by atoms with van der Waals surface area (Å²) in [5.41, 5.74) is 2.84. The summed E-state index contributed by atoms with van der Waals surface area (Å²) in [6.07, 6.45) is -0.101. The number of hydrogen-bond donors (Lipinski definition) is 3. The predicted octanol–water partition coefficient (Wildman–Crippen LogP) is 4.86. The van der Waals surface area contributed by atoms with Gasteiger partial charge in [-0.2, -0.15) is 0 Å². The second-order valence-corrected chi connectivity index (χ2v) is 26.6. The molecule has 13 rings (SSSR count). The molecule has 0 unspecified atom stereocenters. The van der Waals surface area contributed by atoms with Gasteiger partial charge in [0.05, 0.1) is 154 Å². The second-order valence-electron chi connectivity index (χ2n) is 26.6. The van der Waals surface area contributed by atoms with Crippen molar-refractivity contribution in [3.05, 3.63) is 140 Å². The highest BCUT2D eigenvalue weighted by molar-refractivity contribution is 6.35. The van der Waals surface area contributed by atoms with Crippen LogP contribution in [0.1, 0.15) is 179 Å². The number of benzene rings is 6. The van der Waals surface area contributed by atoms with Crippen LogP contribution in [0.25, 0.3) is 32.3 Å². The van der Waals surface area contributed by atoms with Crippen LogP contribution in [0.15, 0.2) is 72.8 Å². The van der Waals surface area contributed by atoms with Crippen LogP contribution in [0.5, 0.6) is 0 Å². The highest BCUT2D eigenvalue weighted by Gasteiger charge is 2.43. The van der Waals surface area contributed by atoms with Crippen molar-refractivity contribution in [3.63, 3.8) is 0 Å². The first-order valence-corrected chi connectivity index (χ1v) is 36.7. The summed E-state index contributed by atoms with van der Waals surface area (Å²) in [7, 11) is 8.40. The fraction of sp³-hybridized carbons (Fsp3) is 0.427. The number of rotatable bonds is 37. The van der Waals surface area contributed by atoms with Gasteiger partial charge >= 0.3 is 35.8 Å². The highest BCUT2D eigenvalue weighted by atomic mass is 16.7. The second kappa shape index (κ2) is 45.3. The summed E-state index contributed by atoms with van der Waals surface area (Å²) in [4.78, 5) is 220. The SMILES string of the molecule is C.C.C.CC(=O)O.CN(C)CCN1C(=O)c2ccc3c4c(ccc(c24)C1=O)C(=O)N(CCOCCOCCOCCOCCC(=O)O)C3=O.CN(C)CCN1C(=O)c2ccc3c4c(ccc(c24)C1=O)C(=O)N(CCOCCOCCOCCOCCC(=O)ON1C(=O)CCC1=O)C3=O.CO.O=C1OC(=O)c2ccc3c4c(ccc1c24)C(=O)OC3=O. The molecule has 1 saturated heterocycles. The lowest BCUT2D eigenvalue weighted by Crippen LogP contribution is -2.45. The number of imide groups is 5. The van der Waals surface area contributed by atoms with Gasteiger partial charge < -0.3 is 77.3 Å². The van der Waals surface area contributed by atoms with Gasteiger partial charge in [-0.25, -0.2) is 24.0 Å². The molecule has 3 N–H and O–H groups in total. The Hall–Kier alpha value is -12.0. The van der Waals surface area contributed by atoms with Gasteiger partial charge in [-0.3, -0.25) is 77.1 Å². The molecular formula is C82H97N7O31. The summed E-state index contributed by atoms with van der Waals surface area (Å²) in [6, 6.07) is 17.9. The Labute approximate surface area is 688 Å². The van der Waals surface area contributed by atoms with Gasteiger partial charge in [0, 0.05) is 130 Å². The predicted molar refractivity (Wildman–Crippen MR) is 422 cm³/mol. The van der Waals surface area contributed by atoms with Crippen molar-refractivity contribution in [1.29, 1.82) is 0 Å². The number of carbonyl (C=O) groups excluding carboxylic acids is 15. The first-order valence-electron chi connectivity index (χ1n) is 36.7. The standard InChI is InChI=1S/C33H38N4O12.C29H35N3O10.C14H4O6.C2H4O2.CH4O.3CH4/c1-34(2)10-11-35-30(41)21-3-5-23-29-24(6-4-22(28(21)29)31(35)42)33(44)36(32(23)43)12-14-46-16-18-48-20-19-47-17-15-45-13-9-27(40)49-37-25(38)7-8-26(37)39;1-30(2)8-9-31-26(35)19-3-5-21-25-22(6-4-20(24(19)25)27(31)36)29(38)32(28(21)37)10-12-40-14-16-42-18-17-41-15-13-39-11-7-23(33)34;15-11-5-1-2-6-10-8(14(18)20-12(6)16)4-3-7(9(5)10)13(17)19-11;1-2(3)4;1-2;;;/h3-6H,7-20H2,1-2H3;3-6H,7-18H2,1-2H3,(H,33,34);1-4H;1H3,(H,3,4);2H,1H3;3*1H4. The van der Waals surface area contributed by atoms with E-state index < -0.39 is 101 Å². The Kier molecular flexibility index (Phi) is 36.6. The van der Waals surface area contributed by atoms with Crippen LogP contribution in [0.2, 0.25) is 0 Å². The number of hydroxylamine groups is 2. The lowest BCUT2D eigenvalue weighted by atomic mass is 9.86. The van der Waals surface area contributed by atoms with E-state index in [0.717, 1.165) is 23.8 Å². The summed E-state index contributed by atoms with van der Waals surface area (Å²) >= 11 is 0. The van der Waals surface area contributed by atoms with Gasteiger partial charge in [0.1, 0.15) is 0 Å². The minimum absolute atomic E-state index is 0. The van der Waals surface area contributed by atoms with Crippen LogP contribution < -0.4 is 0 Å². The molecule has 0 aromatic heterocycles. The number of esters is 4. The first-order chi connectivity index (χ1) is 56.1. The zero-order valence-electron chi connectivity index (χ0n) is 64.7. The van der Waals surface area contributed by atoms with Crippen molar-refractivity contribution in [3.8, 4) is 0 Å². The number of hydrogen-bond acceptors (Lipinski definition) is 31. The number of carboxylic acids is 2. The molecule has 0 aliphatic carbocycles. The number of carboxylic acid groups (broad SMARTS) is 2. The average molecular weight is 1680 g/mol. The van der Waals surface area contributed by atoms with E-state index in [1.54, 1.807) is 36.4 Å². The molecule has 0 radical (unpaired) electrons. The molecular weight excluding hydrogens is 1580 g/mol. The molecule has 646 valence electrons. The molecule has 0 spiro atoms. The van der Waals surface area contributed by atoms with E-state index in [1.807, 2.05) is 38.0 Å². The molecule has 7 aliphatic rings. The van der Waals surface area contributed by atoms with Crippen LogP contribution in [0.4, 0.5) is 0 Å². The van der Waals surface area contributed by atoms with Gasteiger partial charge in [-0.15, -0.1) is 5.06 Å². The Morgan fingerprint density at radius 3 is 0.758 bits per heavy atom. The molecule has 7 aliphatic heterocycles. The van der Waals surface area contributed by atoms with Gasteiger partial charge in [-0.05, 0) is 101 Å². The van der Waals surface area contributed by atoms with E-state index in [1.165, 1.54) is 46.2 Å². The maximum atomic E-state index is 13.4. The van der Waals surface area contributed by atoms with E-state index in [-0.39, 0.29) is 200 Å². The van der Waals surface area contributed by atoms with Gasteiger partial charge in [0.15, 0.2) is 0 Å². The molecule has 6 aromatic rings. The van der Waals surface area contributed by atoms with Gasteiger partial charge in [0.25, 0.3) is 65.0 Å². The van der Waals surface area contributed by atoms with E-state index >= 15 is 0 Å². The topological polar surface area (TPSA) is 475 Å². The number of nitrogens with zero attached hydrogens (tertiary/aromatic N) is 7. The van der Waals surface area contributed by atoms with E-state index in [0.29, 0.717) is 97.1 Å². The number of carbonyl (C=O) groups is 17. The third-order valence-corrected chi connectivity index (χ3v) is 18.3. The summed E-state index contributed by atoms with van der Waals surface area (Å²) in [5.74, 6) is -10.6. The van der Waals surface area contributed by atoms with Gasteiger partial charge in [-0.1, -0.05) is 22.3 Å². The summed E-state index contributed by atoms with van der Waals surface area (Å²) in [5, 5.41) is 25.3. The number of aliphatic carboxylic acids is 2. The molecule has 120 heavy (non-hydrogen) atoms. The molecule has 0 saturated carbocycles. The largest absolute Gasteiger partial charge is 0.481 e. The molecule has 6 aromatic carbocycles. The number of aliphatic hydroxyl groups is 1. The molecule has 38 heteroatoms. The Morgan fingerprint density at radius 2 is 0.525 bits per heavy atom. The molecule has 10 amide bonds. The Morgan fingerprint density at radius 1 is 0.325 bits per heavy atom. The molecule has 7 heterocycles. The highest BCUT2D eigenvalue weighted by Crippen LogP contribution is 2.41. The van der Waals surface area contributed by atoms with Crippen molar-refractivity contribution in [2.24, 2.45) is 0 Å². The van der Waals surface area contributed by atoms with E-state index in [9.17, 15) is 76.7 Å². The number of likely N-dealkylation sites (N-methyl/N-ethyl adjacent to an activating group) is 2. The van der Waals surface area contributed by atoms with E-state index in [4.69, 9.17) is 62.8 Å². The molecule has 1 fully saturated rings. The minimum atomic E-state index is -0.910. The van der Waals surface area contributed by atoms with Crippen molar-refractivity contribution < 1.29 is 149 Å². The minimum Gasteiger partial charge on any atom is -0.481 e. The van der Waals surface area contributed by atoms with Crippen molar-refractivity contribution in [1.82, 2.24) is 34.5 Å². The van der Waals surface area contributed by atoms with Crippen LogP contribution in [0.3, 0.4) is 0 Å². The zero-order valence-corrected chi connectivity index (χ0v) is 64.7. The fourth-order valence-electron chi connectivity index (χ4n) is 12.9. The fourth-order valence-corrected chi connectivity index (χ4v) is 12.9. The maximum absolute atomic E-state index is 13.4. The quantitative estimate of drug-likeness (QED) is 0.0203. The number of cyclic esters (lactones) is 4. The third-order valence-electron chi connectivity index (χ3n) is 18.3. The van der Waals surface area contributed by atoms with Crippen molar-refractivity contribution >= 4 is 133 Å². The Balaban J connectivity index is 0.000000284. The molecule has 38 nitrogen and oxygen atoms in total. The van der Waals surface area contributed by atoms with Crippen LogP contribution >= 0.6 is 0 Å². The van der Waals surface area contributed by atoms with Crippen molar-refractivity contribution in [2.45, 2.75) is 54.9 Å². The molecule has 0 bridgehead atoms.